The molecule has 1 unspecified atom stereocenters. The van der Waals surface area contributed by atoms with E-state index in [1.807, 2.05) is 0 Å². The van der Waals surface area contributed by atoms with E-state index in [9.17, 15) is 0 Å². The van der Waals surface area contributed by atoms with Crippen molar-refractivity contribution in [1.82, 2.24) is 10.2 Å². The molecule has 0 amide bonds. The highest BCUT2D eigenvalue weighted by molar-refractivity contribution is 4.55. The Balaban J connectivity index is 3.04. The molecule has 0 aromatic rings. The Morgan fingerprint density at radius 1 is 1.27 bits per heavy atom. The Morgan fingerprint density at radius 2 is 2.00 bits per heavy atom. The molecular formula is C12H28N2O. The third-order valence-electron chi connectivity index (χ3n) is 2.38. The lowest BCUT2D eigenvalue weighted by Crippen LogP contribution is -2.26. The highest BCUT2D eigenvalue weighted by Crippen LogP contribution is 2.01. The van der Waals surface area contributed by atoms with E-state index in [0.717, 1.165) is 38.8 Å². The molecule has 0 rings (SSSR count). The lowest BCUT2D eigenvalue weighted by molar-refractivity contribution is 0.119. The van der Waals surface area contributed by atoms with Gasteiger partial charge in [-0.2, -0.15) is 0 Å². The highest BCUT2D eigenvalue weighted by Gasteiger charge is 1.98. The van der Waals surface area contributed by atoms with Crippen molar-refractivity contribution in [1.29, 1.82) is 0 Å². The van der Waals surface area contributed by atoms with Gasteiger partial charge in [0.25, 0.3) is 0 Å². The molecule has 0 saturated carbocycles. The van der Waals surface area contributed by atoms with Gasteiger partial charge in [-0.3, -0.25) is 0 Å². The minimum absolute atomic E-state index is 0.789. The summed E-state index contributed by atoms with van der Waals surface area (Å²) in [7, 11) is 4.13. The van der Waals surface area contributed by atoms with Crippen LogP contribution in [0.15, 0.2) is 0 Å². The average molecular weight is 216 g/mol. The molecule has 0 radical (unpaired) electrons. The second-order valence-corrected chi connectivity index (χ2v) is 4.51. The minimum Gasteiger partial charge on any atom is -0.379 e. The highest BCUT2D eigenvalue weighted by atomic mass is 16.5. The number of ether oxygens (including phenoxy) is 1. The van der Waals surface area contributed by atoms with Crippen LogP contribution < -0.4 is 5.32 Å². The van der Waals surface area contributed by atoms with Gasteiger partial charge in [-0.25, -0.2) is 0 Å². The minimum atomic E-state index is 0.789. The fourth-order valence-corrected chi connectivity index (χ4v) is 1.44. The van der Waals surface area contributed by atoms with E-state index < -0.39 is 0 Å². The number of hydrogen-bond donors (Lipinski definition) is 1. The fourth-order valence-electron chi connectivity index (χ4n) is 1.44. The first kappa shape index (κ1) is 14.9. The maximum absolute atomic E-state index is 5.48. The molecule has 0 aliphatic rings. The van der Waals surface area contributed by atoms with Gasteiger partial charge in [-0.05, 0) is 33.0 Å². The summed E-state index contributed by atoms with van der Waals surface area (Å²) < 4.78 is 5.48. The Kier molecular flexibility index (Phi) is 10.3. The van der Waals surface area contributed by atoms with Crippen LogP contribution in [0.1, 0.15) is 26.7 Å². The van der Waals surface area contributed by atoms with Crippen LogP contribution in [0.3, 0.4) is 0 Å². The molecule has 1 atom stereocenters. The summed E-state index contributed by atoms with van der Waals surface area (Å²) in [5, 5.41) is 3.42. The van der Waals surface area contributed by atoms with Crippen LogP contribution in [0, 0.1) is 5.92 Å². The largest absolute Gasteiger partial charge is 0.379 e. The molecule has 0 aliphatic heterocycles. The molecule has 0 aliphatic carbocycles. The van der Waals surface area contributed by atoms with Crippen molar-refractivity contribution < 1.29 is 4.74 Å². The van der Waals surface area contributed by atoms with Gasteiger partial charge in [-0.15, -0.1) is 0 Å². The van der Waals surface area contributed by atoms with Crippen molar-refractivity contribution in [3.8, 4) is 0 Å². The van der Waals surface area contributed by atoms with Gasteiger partial charge >= 0.3 is 0 Å². The monoisotopic (exact) mass is 216 g/mol. The Morgan fingerprint density at radius 3 is 2.60 bits per heavy atom. The number of nitrogens with zero attached hydrogens (tertiary/aromatic N) is 1. The summed E-state index contributed by atoms with van der Waals surface area (Å²) in [6, 6.07) is 0. The quantitative estimate of drug-likeness (QED) is 0.561. The van der Waals surface area contributed by atoms with Crippen LogP contribution in [-0.2, 0) is 4.74 Å². The SMILES string of the molecule is CCCC(C)CNCCOCCN(C)C. The predicted molar refractivity (Wildman–Crippen MR) is 66.3 cm³/mol. The van der Waals surface area contributed by atoms with E-state index in [0.29, 0.717) is 0 Å². The molecule has 3 heteroatoms. The van der Waals surface area contributed by atoms with Gasteiger partial charge in [-0.1, -0.05) is 20.3 Å². The Labute approximate surface area is 95.2 Å². The van der Waals surface area contributed by atoms with E-state index in [-0.39, 0.29) is 0 Å². The molecule has 0 saturated heterocycles. The molecular weight excluding hydrogens is 188 g/mol. The van der Waals surface area contributed by atoms with E-state index in [1.54, 1.807) is 0 Å². The van der Waals surface area contributed by atoms with Crippen LogP contribution in [0.2, 0.25) is 0 Å². The van der Waals surface area contributed by atoms with Crippen molar-refractivity contribution in [2.24, 2.45) is 5.92 Å². The molecule has 0 heterocycles. The maximum Gasteiger partial charge on any atom is 0.0593 e. The first-order chi connectivity index (χ1) is 7.16. The maximum atomic E-state index is 5.48. The van der Waals surface area contributed by atoms with Gasteiger partial charge in [0, 0.05) is 13.1 Å². The number of likely N-dealkylation sites (N-methyl/N-ethyl adjacent to an activating group) is 1. The first-order valence-corrected chi connectivity index (χ1v) is 6.10. The second kappa shape index (κ2) is 10.4. The van der Waals surface area contributed by atoms with Crippen molar-refractivity contribution in [2.75, 3.05) is 46.9 Å². The van der Waals surface area contributed by atoms with Crippen LogP contribution in [0.25, 0.3) is 0 Å². The van der Waals surface area contributed by atoms with Gasteiger partial charge in [0.2, 0.25) is 0 Å². The summed E-state index contributed by atoms with van der Waals surface area (Å²) in [4.78, 5) is 2.14. The number of rotatable bonds is 10. The second-order valence-electron chi connectivity index (χ2n) is 4.51. The topological polar surface area (TPSA) is 24.5 Å². The molecule has 0 spiro atoms. The summed E-state index contributed by atoms with van der Waals surface area (Å²) in [6.45, 7) is 9.29. The van der Waals surface area contributed by atoms with Crippen LogP contribution in [0.4, 0.5) is 0 Å². The van der Waals surface area contributed by atoms with Crippen molar-refractivity contribution >= 4 is 0 Å². The zero-order valence-corrected chi connectivity index (χ0v) is 10.9. The third-order valence-corrected chi connectivity index (χ3v) is 2.38. The van der Waals surface area contributed by atoms with E-state index in [1.165, 1.54) is 12.8 Å². The lowest BCUT2D eigenvalue weighted by Gasteiger charge is -2.12. The summed E-state index contributed by atoms with van der Waals surface area (Å²) in [5.41, 5.74) is 0. The summed E-state index contributed by atoms with van der Waals surface area (Å²) in [5.74, 6) is 0.789. The molecule has 3 nitrogen and oxygen atoms in total. The van der Waals surface area contributed by atoms with Crippen LogP contribution in [-0.4, -0.2) is 51.8 Å². The molecule has 1 N–H and O–H groups in total. The smallest absolute Gasteiger partial charge is 0.0593 e. The average Bonchev–Trinajstić information content (AvgIpc) is 2.16. The number of nitrogens with one attached hydrogen (secondary N) is 1. The standard InChI is InChI=1S/C12H28N2O/c1-5-6-12(2)11-13-7-9-15-10-8-14(3)4/h12-13H,5-11H2,1-4H3. The third kappa shape index (κ3) is 11.8. The van der Waals surface area contributed by atoms with Gasteiger partial charge < -0.3 is 15.0 Å². The summed E-state index contributed by atoms with van der Waals surface area (Å²) in [6.07, 6.45) is 2.59. The molecule has 0 aromatic carbocycles. The van der Waals surface area contributed by atoms with E-state index >= 15 is 0 Å². The van der Waals surface area contributed by atoms with E-state index in [4.69, 9.17) is 4.74 Å². The molecule has 0 bridgehead atoms. The molecule has 15 heavy (non-hydrogen) atoms. The molecule has 0 aromatic heterocycles. The molecule has 0 fully saturated rings. The van der Waals surface area contributed by atoms with Crippen molar-refractivity contribution in [3.05, 3.63) is 0 Å². The Hall–Kier alpha value is -0.120. The van der Waals surface area contributed by atoms with Crippen molar-refractivity contribution in [3.63, 3.8) is 0 Å². The van der Waals surface area contributed by atoms with E-state index in [2.05, 4.69) is 38.2 Å². The Bertz CT molecular complexity index is 129. The van der Waals surface area contributed by atoms with Crippen LogP contribution >= 0.6 is 0 Å². The normalized spacial score (nSPS) is 13.4. The van der Waals surface area contributed by atoms with Crippen molar-refractivity contribution in [2.45, 2.75) is 26.7 Å². The predicted octanol–water partition coefficient (Wildman–Crippen LogP) is 1.59. The molecule has 92 valence electrons. The number of hydrogen-bond acceptors (Lipinski definition) is 3. The van der Waals surface area contributed by atoms with Gasteiger partial charge in [0.1, 0.15) is 0 Å². The lowest BCUT2D eigenvalue weighted by atomic mass is 10.1. The fraction of sp³-hybridized carbons (Fsp3) is 1.00. The zero-order valence-electron chi connectivity index (χ0n) is 10.9. The van der Waals surface area contributed by atoms with Gasteiger partial charge in [0.15, 0.2) is 0 Å². The zero-order chi connectivity index (χ0) is 11.5. The summed E-state index contributed by atoms with van der Waals surface area (Å²) >= 11 is 0. The van der Waals surface area contributed by atoms with Gasteiger partial charge in [0.05, 0.1) is 13.2 Å². The first-order valence-electron chi connectivity index (χ1n) is 6.10. The van der Waals surface area contributed by atoms with Crippen LogP contribution in [0.5, 0.6) is 0 Å².